The number of aliphatic hydroxyl groups is 1. The molecule has 2 rings (SSSR count). The molecular weight excluding hydrogens is 282 g/mol. The minimum absolute atomic E-state index is 0.0122. The Balaban J connectivity index is 2.11. The van der Waals surface area contributed by atoms with E-state index in [2.05, 4.69) is 13.8 Å². The molecule has 0 aromatic heterocycles. The van der Waals surface area contributed by atoms with Crippen LogP contribution in [0.3, 0.4) is 0 Å². The summed E-state index contributed by atoms with van der Waals surface area (Å²) in [4.78, 5) is 14.4. The Bertz CT molecular complexity index is 515. The van der Waals surface area contributed by atoms with E-state index in [4.69, 9.17) is 9.84 Å². The first kappa shape index (κ1) is 16.8. The second-order valence-electron chi connectivity index (χ2n) is 6.04. The zero-order valence-corrected chi connectivity index (χ0v) is 13.3. The number of aromatic hydroxyl groups is 1. The number of ether oxygens (including phenoxy) is 1. The molecule has 1 amide bonds. The Morgan fingerprint density at radius 3 is 2.91 bits per heavy atom. The Morgan fingerprint density at radius 1 is 1.45 bits per heavy atom. The minimum atomic E-state index is -0.155. The van der Waals surface area contributed by atoms with Gasteiger partial charge in [-0.2, -0.15) is 0 Å². The van der Waals surface area contributed by atoms with Gasteiger partial charge in [0.15, 0.2) is 0 Å². The highest BCUT2D eigenvalue weighted by Crippen LogP contribution is 2.26. The average molecular weight is 307 g/mol. The van der Waals surface area contributed by atoms with Crippen LogP contribution in [-0.2, 0) is 4.74 Å². The van der Waals surface area contributed by atoms with E-state index in [0.29, 0.717) is 31.2 Å². The van der Waals surface area contributed by atoms with Gasteiger partial charge in [0, 0.05) is 13.1 Å². The largest absolute Gasteiger partial charge is 0.507 e. The van der Waals surface area contributed by atoms with Crippen molar-refractivity contribution < 1.29 is 19.7 Å². The zero-order valence-electron chi connectivity index (χ0n) is 13.3. The number of nitrogens with zero attached hydrogens (tertiary/aromatic N) is 1. The van der Waals surface area contributed by atoms with Gasteiger partial charge >= 0.3 is 0 Å². The van der Waals surface area contributed by atoms with Gasteiger partial charge in [-0.25, -0.2) is 0 Å². The van der Waals surface area contributed by atoms with Crippen LogP contribution in [0, 0.1) is 0 Å². The van der Waals surface area contributed by atoms with Crippen LogP contribution in [0.2, 0.25) is 0 Å². The standard InChI is InChI=1S/C17H25NO4/c1-12(2)13-5-6-16(20)15(10-13)17(21)18-7-3-4-14(11-18)22-9-8-19/h5-6,10,12,14,19-20H,3-4,7-9,11H2,1-2H3/t14-/m1/s1. The van der Waals surface area contributed by atoms with Crippen LogP contribution in [0.5, 0.6) is 5.75 Å². The third-order valence-electron chi connectivity index (χ3n) is 4.03. The summed E-state index contributed by atoms with van der Waals surface area (Å²) in [5, 5.41) is 18.8. The van der Waals surface area contributed by atoms with E-state index in [0.717, 1.165) is 18.4 Å². The van der Waals surface area contributed by atoms with Crippen LogP contribution in [0.1, 0.15) is 48.5 Å². The van der Waals surface area contributed by atoms with Crippen LogP contribution >= 0.6 is 0 Å². The van der Waals surface area contributed by atoms with E-state index in [9.17, 15) is 9.90 Å². The van der Waals surface area contributed by atoms with Crippen LogP contribution < -0.4 is 0 Å². The molecule has 5 nitrogen and oxygen atoms in total. The van der Waals surface area contributed by atoms with Gasteiger partial charge < -0.3 is 19.8 Å². The summed E-state index contributed by atoms with van der Waals surface area (Å²) < 4.78 is 5.53. The first-order chi connectivity index (χ1) is 10.5. The predicted octanol–water partition coefficient (Wildman–Crippen LogP) is 2.13. The summed E-state index contributed by atoms with van der Waals surface area (Å²) >= 11 is 0. The summed E-state index contributed by atoms with van der Waals surface area (Å²) in [6, 6.07) is 5.22. The Labute approximate surface area is 131 Å². The Hall–Kier alpha value is -1.59. The Morgan fingerprint density at radius 2 is 2.23 bits per heavy atom. The van der Waals surface area contributed by atoms with E-state index in [1.165, 1.54) is 0 Å². The average Bonchev–Trinajstić information content (AvgIpc) is 2.52. The van der Waals surface area contributed by atoms with E-state index in [1.54, 1.807) is 17.0 Å². The SMILES string of the molecule is CC(C)c1ccc(O)c(C(=O)N2CCC[C@@H](OCCO)C2)c1. The van der Waals surface area contributed by atoms with Crippen molar-refractivity contribution in [2.24, 2.45) is 0 Å². The fraction of sp³-hybridized carbons (Fsp3) is 0.588. The number of hydrogen-bond donors (Lipinski definition) is 2. The van der Waals surface area contributed by atoms with E-state index >= 15 is 0 Å². The maximum atomic E-state index is 12.7. The van der Waals surface area contributed by atoms with Crippen LogP contribution in [0.15, 0.2) is 18.2 Å². The first-order valence-corrected chi connectivity index (χ1v) is 7.87. The van der Waals surface area contributed by atoms with E-state index in [1.807, 2.05) is 6.07 Å². The van der Waals surface area contributed by atoms with Gasteiger partial charge in [0.25, 0.3) is 5.91 Å². The molecule has 0 saturated carbocycles. The lowest BCUT2D eigenvalue weighted by Crippen LogP contribution is -2.43. The molecule has 0 unspecified atom stereocenters. The molecule has 22 heavy (non-hydrogen) atoms. The normalized spacial score (nSPS) is 18.7. The molecule has 2 N–H and O–H groups in total. The minimum Gasteiger partial charge on any atom is -0.507 e. The molecule has 0 spiro atoms. The molecule has 1 aliphatic rings. The van der Waals surface area contributed by atoms with E-state index < -0.39 is 0 Å². The molecule has 1 atom stereocenters. The monoisotopic (exact) mass is 307 g/mol. The van der Waals surface area contributed by atoms with Crippen molar-refractivity contribution in [3.63, 3.8) is 0 Å². The van der Waals surface area contributed by atoms with Gasteiger partial charge in [-0.15, -0.1) is 0 Å². The third-order valence-corrected chi connectivity index (χ3v) is 4.03. The van der Waals surface area contributed by atoms with Crippen molar-refractivity contribution in [3.05, 3.63) is 29.3 Å². The number of phenols is 1. The number of phenolic OH excluding ortho intramolecular Hbond substituents is 1. The summed E-state index contributed by atoms with van der Waals surface area (Å²) in [5.41, 5.74) is 1.39. The predicted molar refractivity (Wildman–Crippen MR) is 84.2 cm³/mol. The molecule has 1 aliphatic heterocycles. The van der Waals surface area contributed by atoms with Gasteiger partial charge in [0.2, 0.25) is 0 Å². The first-order valence-electron chi connectivity index (χ1n) is 7.87. The number of piperidine rings is 1. The van der Waals surface area contributed by atoms with Crippen molar-refractivity contribution in [3.8, 4) is 5.75 Å². The number of carbonyl (C=O) groups is 1. The molecule has 1 aromatic rings. The van der Waals surface area contributed by atoms with Crippen molar-refractivity contribution in [2.75, 3.05) is 26.3 Å². The van der Waals surface area contributed by atoms with Gasteiger partial charge in [-0.05, 0) is 36.5 Å². The number of benzene rings is 1. The highest BCUT2D eigenvalue weighted by molar-refractivity contribution is 5.97. The molecule has 1 aromatic carbocycles. The molecule has 1 heterocycles. The van der Waals surface area contributed by atoms with Gasteiger partial charge in [-0.1, -0.05) is 19.9 Å². The highest BCUT2D eigenvalue weighted by Gasteiger charge is 2.26. The number of carbonyl (C=O) groups excluding carboxylic acids is 1. The lowest BCUT2D eigenvalue weighted by atomic mass is 9.99. The lowest BCUT2D eigenvalue weighted by Gasteiger charge is -2.33. The van der Waals surface area contributed by atoms with Crippen molar-refractivity contribution in [2.45, 2.75) is 38.7 Å². The van der Waals surface area contributed by atoms with Crippen LogP contribution in [0.4, 0.5) is 0 Å². The number of aliphatic hydroxyl groups excluding tert-OH is 1. The quantitative estimate of drug-likeness (QED) is 0.874. The van der Waals surface area contributed by atoms with Crippen LogP contribution in [-0.4, -0.2) is 53.4 Å². The lowest BCUT2D eigenvalue weighted by molar-refractivity contribution is -0.0111. The van der Waals surface area contributed by atoms with E-state index in [-0.39, 0.29) is 24.4 Å². The topological polar surface area (TPSA) is 70.0 Å². The summed E-state index contributed by atoms with van der Waals surface area (Å²) in [6.45, 7) is 5.57. The zero-order chi connectivity index (χ0) is 16.1. The maximum Gasteiger partial charge on any atom is 0.257 e. The number of likely N-dealkylation sites (tertiary alicyclic amines) is 1. The highest BCUT2D eigenvalue weighted by atomic mass is 16.5. The molecule has 0 bridgehead atoms. The number of amides is 1. The van der Waals surface area contributed by atoms with Gasteiger partial charge in [0.05, 0.1) is 24.9 Å². The van der Waals surface area contributed by atoms with Gasteiger partial charge in [-0.3, -0.25) is 4.79 Å². The molecule has 1 saturated heterocycles. The summed E-state index contributed by atoms with van der Waals surface area (Å²) in [5.74, 6) is 0.166. The molecule has 122 valence electrons. The van der Waals surface area contributed by atoms with Crippen molar-refractivity contribution >= 4 is 5.91 Å². The second-order valence-corrected chi connectivity index (χ2v) is 6.04. The number of hydrogen-bond acceptors (Lipinski definition) is 4. The summed E-state index contributed by atoms with van der Waals surface area (Å²) in [7, 11) is 0. The van der Waals surface area contributed by atoms with Crippen molar-refractivity contribution in [1.82, 2.24) is 4.90 Å². The molecule has 1 fully saturated rings. The second kappa shape index (κ2) is 7.61. The van der Waals surface area contributed by atoms with Crippen molar-refractivity contribution in [1.29, 1.82) is 0 Å². The molecule has 0 radical (unpaired) electrons. The molecule has 0 aliphatic carbocycles. The molecule has 5 heteroatoms. The fourth-order valence-electron chi connectivity index (χ4n) is 2.73. The smallest absolute Gasteiger partial charge is 0.257 e. The fourth-order valence-corrected chi connectivity index (χ4v) is 2.73. The Kier molecular flexibility index (Phi) is 5.80. The number of rotatable bonds is 5. The third kappa shape index (κ3) is 3.99. The molecular formula is C17H25NO4. The van der Waals surface area contributed by atoms with Gasteiger partial charge in [0.1, 0.15) is 5.75 Å². The maximum absolute atomic E-state index is 12.7. The van der Waals surface area contributed by atoms with Crippen LogP contribution in [0.25, 0.3) is 0 Å². The summed E-state index contributed by atoms with van der Waals surface area (Å²) in [6.07, 6.45) is 1.72.